The smallest absolute Gasteiger partial charge is 0.154 e. The number of sulfone groups is 1. The number of benzene rings is 1. The van der Waals surface area contributed by atoms with E-state index in [0.717, 1.165) is 5.56 Å². The lowest BCUT2D eigenvalue weighted by atomic mass is 10.00. The Morgan fingerprint density at radius 1 is 1.33 bits per heavy atom. The van der Waals surface area contributed by atoms with Gasteiger partial charge in [-0.15, -0.1) is 0 Å². The van der Waals surface area contributed by atoms with Gasteiger partial charge in [0.05, 0.1) is 22.3 Å². The normalized spacial score (nSPS) is 28.3. The Hall–Kier alpha value is -0.980. The van der Waals surface area contributed by atoms with Crippen LogP contribution in [0.5, 0.6) is 0 Å². The van der Waals surface area contributed by atoms with Gasteiger partial charge in [0.25, 0.3) is 0 Å². The quantitative estimate of drug-likeness (QED) is 0.775. The van der Waals surface area contributed by atoms with Crippen molar-refractivity contribution < 1.29 is 13.2 Å². The fourth-order valence-electron chi connectivity index (χ4n) is 3.05. The van der Waals surface area contributed by atoms with Gasteiger partial charge in [-0.2, -0.15) is 0 Å². The molecule has 1 aromatic rings. The molecule has 3 atom stereocenters. The Bertz CT molecular complexity index is 615. The van der Waals surface area contributed by atoms with Crippen molar-refractivity contribution >= 4 is 27.0 Å². The predicted octanol–water partition coefficient (Wildman–Crippen LogP) is 1.90. The van der Waals surface area contributed by atoms with Crippen LogP contribution < -0.4 is 5.73 Å². The fraction of sp³-hybridized carbons (Fsp3) is 0.533. The van der Waals surface area contributed by atoms with Crippen LogP contribution in [0.4, 0.5) is 0 Å². The highest BCUT2D eigenvalue weighted by molar-refractivity contribution is 7.92. The second-order valence-corrected chi connectivity index (χ2v) is 8.15. The Labute approximate surface area is 131 Å². The molecule has 0 heterocycles. The summed E-state index contributed by atoms with van der Waals surface area (Å²) in [5.74, 6) is -0.134. The molecule has 6 heteroatoms. The summed E-state index contributed by atoms with van der Waals surface area (Å²) in [6, 6.07) is 9.55. The summed E-state index contributed by atoms with van der Waals surface area (Å²) in [4.78, 5) is 0.229. The Balaban J connectivity index is 2.47. The Morgan fingerprint density at radius 2 is 1.95 bits per heavy atom. The molecule has 0 spiro atoms. The summed E-state index contributed by atoms with van der Waals surface area (Å²) in [6.07, 6.45) is 0. The zero-order valence-electron chi connectivity index (χ0n) is 12.3. The lowest BCUT2D eigenvalue weighted by molar-refractivity contribution is 0.121. The van der Waals surface area contributed by atoms with Gasteiger partial charge in [-0.1, -0.05) is 49.5 Å². The highest BCUT2D eigenvalue weighted by atomic mass is 32.2. The van der Waals surface area contributed by atoms with Crippen LogP contribution in [0.3, 0.4) is 0 Å². The summed E-state index contributed by atoms with van der Waals surface area (Å²) < 4.78 is 30.4. The molecule has 1 saturated carbocycles. The van der Waals surface area contributed by atoms with Crippen LogP contribution in [0.1, 0.15) is 25.3 Å². The fourth-order valence-corrected chi connectivity index (χ4v) is 5.52. The highest BCUT2D eigenvalue weighted by Crippen LogP contribution is 2.63. The first kappa shape index (κ1) is 16.4. The summed E-state index contributed by atoms with van der Waals surface area (Å²) in [5.41, 5.74) is 6.10. The third-order valence-corrected chi connectivity index (χ3v) is 6.86. The average molecular weight is 327 g/mol. The van der Waals surface area contributed by atoms with E-state index >= 15 is 0 Å². The van der Waals surface area contributed by atoms with Crippen LogP contribution in [0.2, 0.25) is 0 Å². The van der Waals surface area contributed by atoms with E-state index in [1.165, 1.54) is 0 Å². The molecule has 116 valence electrons. The first-order valence-corrected chi connectivity index (χ1v) is 9.18. The SMILES string of the molecule is CCOC[C@]1(C(N)=S)[C@H](c2ccccc2)[C@H]1S(=O)(=O)CC. The van der Waals surface area contributed by atoms with Gasteiger partial charge < -0.3 is 10.5 Å². The second kappa shape index (κ2) is 6.02. The van der Waals surface area contributed by atoms with Crippen molar-refractivity contribution in [3.8, 4) is 0 Å². The van der Waals surface area contributed by atoms with Crippen LogP contribution in [0.25, 0.3) is 0 Å². The summed E-state index contributed by atoms with van der Waals surface area (Å²) in [6.45, 7) is 4.28. The van der Waals surface area contributed by atoms with Crippen LogP contribution >= 0.6 is 12.2 Å². The average Bonchev–Trinajstić information content (AvgIpc) is 3.17. The third-order valence-electron chi connectivity index (χ3n) is 4.21. The maximum absolute atomic E-state index is 12.5. The number of rotatable bonds is 7. The minimum atomic E-state index is -3.25. The monoisotopic (exact) mass is 327 g/mol. The van der Waals surface area contributed by atoms with Gasteiger partial charge in [0.1, 0.15) is 0 Å². The van der Waals surface area contributed by atoms with Gasteiger partial charge in [0, 0.05) is 18.3 Å². The molecule has 0 saturated heterocycles. The van der Waals surface area contributed by atoms with Gasteiger partial charge in [-0.3, -0.25) is 0 Å². The topological polar surface area (TPSA) is 69.4 Å². The van der Waals surface area contributed by atoms with Crippen molar-refractivity contribution in [2.75, 3.05) is 19.0 Å². The molecule has 0 bridgehead atoms. The zero-order valence-corrected chi connectivity index (χ0v) is 13.9. The Morgan fingerprint density at radius 3 is 2.43 bits per heavy atom. The molecule has 1 aromatic carbocycles. The standard InChI is InChI=1S/C15H21NO3S2/c1-3-19-10-15(14(16)20)12(11-8-6-5-7-9-11)13(15)21(17,18)4-2/h5-9,12-13H,3-4,10H2,1-2H3,(H2,16,20)/t12-,13-,15+/m1/s1. The van der Waals surface area contributed by atoms with Crippen molar-refractivity contribution in [1.29, 1.82) is 0 Å². The molecule has 1 fully saturated rings. The summed E-state index contributed by atoms with van der Waals surface area (Å²) >= 11 is 5.21. The van der Waals surface area contributed by atoms with Gasteiger partial charge in [-0.05, 0) is 12.5 Å². The molecule has 1 aliphatic carbocycles. The van der Waals surface area contributed by atoms with Gasteiger partial charge in [0.2, 0.25) is 0 Å². The van der Waals surface area contributed by atoms with Crippen LogP contribution in [0, 0.1) is 5.41 Å². The molecule has 0 radical (unpaired) electrons. The third kappa shape index (κ3) is 2.72. The number of nitrogens with two attached hydrogens (primary N) is 1. The number of thiocarbonyl (C=S) groups is 1. The van der Waals surface area contributed by atoms with Crippen molar-refractivity contribution in [2.45, 2.75) is 25.0 Å². The molecule has 2 rings (SSSR count). The van der Waals surface area contributed by atoms with E-state index in [9.17, 15) is 8.42 Å². The number of ether oxygens (including phenoxy) is 1. The Kier molecular flexibility index (Phi) is 4.70. The molecule has 0 amide bonds. The van der Waals surface area contributed by atoms with Crippen molar-refractivity contribution in [2.24, 2.45) is 11.1 Å². The van der Waals surface area contributed by atoms with Crippen LogP contribution in [-0.2, 0) is 14.6 Å². The zero-order chi connectivity index (χ0) is 15.7. The molecule has 4 nitrogen and oxygen atoms in total. The minimum absolute atomic E-state index is 0.0808. The highest BCUT2D eigenvalue weighted by Gasteiger charge is 2.72. The lowest BCUT2D eigenvalue weighted by Gasteiger charge is -2.16. The van der Waals surface area contributed by atoms with E-state index < -0.39 is 20.5 Å². The van der Waals surface area contributed by atoms with Gasteiger partial charge >= 0.3 is 0 Å². The molecule has 0 aliphatic heterocycles. The van der Waals surface area contributed by atoms with Crippen LogP contribution in [0.15, 0.2) is 30.3 Å². The molecule has 0 unspecified atom stereocenters. The summed E-state index contributed by atoms with van der Waals surface area (Å²) in [5, 5.41) is -0.582. The van der Waals surface area contributed by atoms with E-state index in [-0.39, 0.29) is 23.3 Å². The molecule has 0 aromatic heterocycles. The lowest BCUT2D eigenvalue weighted by Crippen LogP contribution is -2.33. The van der Waals surface area contributed by atoms with E-state index in [0.29, 0.717) is 6.61 Å². The maximum Gasteiger partial charge on any atom is 0.154 e. The van der Waals surface area contributed by atoms with Gasteiger partial charge in [-0.25, -0.2) is 8.42 Å². The predicted molar refractivity (Wildman–Crippen MR) is 88.1 cm³/mol. The van der Waals surface area contributed by atoms with E-state index in [1.807, 2.05) is 37.3 Å². The number of hydrogen-bond donors (Lipinski definition) is 1. The maximum atomic E-state index is 12.5. The van der Waals surface area contributed by atoms with Crippen molar-refractivity contribution in [1.82, 2.24) is 0 Å². The minimum Gasteiger partial charge on any atom is -0.393 e. The number of hydrogen-bond acceptors (Lipinski definition) is 4. The largest absolute Gasteiger partial charge is 0.393 e. The van der Waals surface area contributed by atoms with Crippen molar-refractivity contribution in [3.63, 3.8) is 0 Å². The molecule has 2 N–H and O–H groups in total. The van der Waals surface area contributed by atoms with E-state index in [1.54, 1.807) is 6.92 Å². The molecule has 21 heavy (non-hydrogen) atoms. The van der Waals surface area contributed by atoms with E-state index in [2.05, 4.69) is 0 Å². The summed E-state index contributed by atoms with van der Waals surface area (Å²) in [7, 11) is -3.25. The van der Waals surface area contributed by atoms with Crippen molar-refractivity contribution in [3.05, 3.63) is 35.9 Å². The van der Waals surface area contributed by atoms with E-state index in [4.69, 9.17) is 22.7 Å². The van der Waals surface area contributed by atoms with Gasteiger partial charge in [0.15, 0.2) is 9.84 Å². The molecule has 1 aliphatic rings. The second-order valence-electron chi connectivity index (χ2n) is 5.30. The van der Waals surface area contributed by atoms with Crippen LogP contribution in [-0.4, -0.2) is 37.6 Å². The molecular weight excluding hydrogens is 306 g/mol. The molecular formula is C15H21NO3S2. The first-order chi connectivity index (χ1) is 9.91. The first-order valence-electron chi connectivity index (χ1n) is 7.06.